The minimum Gasteiger partial charge on any atom is -0.456 e. The second-order valence-electron chi connectivity index (χ2n) is 7.91. The Morgan fingerprint density at radius 2 is 1.16 bits per heavy atom. The maximum absolute atomic E-state index is 9.68. The molecule has 6 aromatic rings. The summed E-state index contributed by atoms with van der Waals surface area (Å²) in [6.45, 7) is 0. The summed E-state index contributed by atoms with van der Waals surface area (Å²) in [5.74, 6) is 0. The Hall–Kier alpha value is -3.55. The Labute approximate surface area is 182 Å². The van der Waals surface area contributed by atoms with E-state index in [4.69, 9.17) is 4.42 Å². The van der Waals surface area contributed by atoms with Gasteiger partial charge >= 0.3 is 14.2 Å². The van der Waals surface area contributed by atoms with E-state index in [-0.39, 0.29) is 0 Å². The van der Waals surface area contributed by atoms with Crippen molar-refractivity contribution in [3.63, 3.8) is 0 Å². The van der Waals surface area contributed by atoms with Crippen molar-refractivity contribution in [3.05, 3.63) is 78.9 Å². The van der Waals surface area contributed by atoms with Crippen LogP contribution in [0.15, 0.2) is 83.3 Å². The highest BCUT2D eigenvalue weighted by molar-refractivity contribution is 6.59. The molecule has 154 valence electrons. The molecule has 0 aliphatic heterocycles. The van der Waals surface area contributed by atoms with Crippen LogP contribution in [-0.4, -0.2) is 38.9 Å². The van der Waals surface area contributed by atoms with Gasteiger partial charge in [0.1, 0.15) is 11.2 Å². The van der Waals surface area contributed by atoms with Gasteiger partial charge in [0.15, 0.2) is 0 Å². The van der Waals surface area contributed by atoms with Crippen LogP contribution >= 0.6 is 0 Å². The van der Waals surface area contributed by atoms with Crippen LogP contribution < -0.4 is 10.9 Å². The van der Waals surface area contributed by atoms with Crippen LogP contribution in [0.2, 0.25) is 0 Å². The number of nitrogens with zero attached hydrogens (tertiary/aromatic N) is 1. The van der Waals surface area contributed by atoms with Crippen molar-refractivity contribution in [2.45, 2.75) is 0 Å². The zero-order chi connectivity index (χ0) is 22.0. The molecule has 2 heterocycles. The fourth-order valence-electron chi connectivity index (χ4n) is 4.51. The summed E-state index contributed by atoms with van der Waals surface area (Å²) in [7, 11) is -3.20. The normalized spacial score (nSPS) is 11.8. The highest BCUT2D eigenvalue weighted by atomic mass is 16.4. The molecule has 0 spiro atoms. The predicted molar refractivity (Wildman–Crippen MR) is 128 cm³/mol. The van der Waals surface area contributed by atoms with Gasteiger partial charge in [-0.2, -0.15) is 0 Å². The van der Waals surface area contributed by atoms with Crippen LogP contribution in [0, 0.1) is 0 Å². The van der Waals surface area contributed by atoms with Gasteiger partial charge in [-0.15, -0.1) is 0 Å². The van der Waals surface area contributed by atoms with Gasteiger partial charge in [-0.1, -0.05) is 42.5 Å². The third-order valence-electron chi connectivity index (χ3n) is 6.03. The number of benzene rings is 4. The first-order valence-electron chi connectivity index (χ1n) is 10.2. The lowest BCUT2D eigenvalue weighted by atomic mass is 9.78. The largest absolute Gasteiger partial charge is 0.488 e. The van der Waals surface area contributed by atoms with E-state index < -0.39 is 14.2 Å². The van der Waals surface area contributed by atoms with Crippen molar-refractivity contribution in [3.8, 4) is 5.69 Å². The maximum atomic E-state index is 9.68. The van der Waals surface area contributed by atoms with E-state index in [1.54, 1.807) is 24.3 Å². The summed E-state index contributed by atoms with van der Waals surface area (Å²) < 4.78 is 8.04. The number of furan rings is 1. The van der Waals surface area contributed by atoms with Crippen molar-refractivity contribution < 1.29 is 24.5 Å². The SMILES string of the molecule is OB(O)c1ccc2c(c1)c1cc(B(O)O)ccc1n2-c1ccc2oc3ccccc3c2c1. The number of para-hydroxylation sites is 1. The van der Waals surface area contributed by atoms with Gasteiger partial charge in [-0.25, -0.2) is 0 Å². The third kappa shape index (κ3) is 2.78. The number of aromatic nitrogens is 1. The van der Waals surface area contributed by atoms with Gasteiger partial charge in [0.25, 0.3) is 0 Å². The van der Waals surface area contributed by atoms with Gasteiger partial charge in [0.2, 0.25) is 0 Å². The molecular weight excluding hydrogens is 404 g/mol. The molecule has 0 aliphatic carbocycles. The van der Waals surface area contributed by atoms with E-state index in [1.165, 1.54) is 0 Å². The second kappa shape index (κ2) is 6.98. The molecule has 2 aromatic heterocycles. The molecule has 0 aliphatic rings. The zero-order valence-corrected chi connectivity index (χ0v) is 16.8. The van der Waals surface area contributed by atoms with Crippen LogP contribution in [0.3, 0.4) is 0 Å². The quantitative estimate of drug-likeness (QED) is 0.328. The van der Waals surface area contributed by atoms with Gasteiger partial charge in [-0.3, -0.25) is 0 Å². The first-order valence-corrected chi connectivity index (χ1v) is 10.2. The van der Waals surface area contributed by atoms with E-state index in [1.807, 2.05) is 48.5 Å². The van der Waals surface area contributed by atoms with E-state index in [0.29, 0.717) is 10.9 Å². The van der Waals surface area contributed by atoms with Gasteiger partial charge in [0.05, 0.1) is 11.0 Å². The Bertz CT molecular complexity index is 1590. The number of rotatable bonds is 3. The minimum atomic E-state index is -1.60. The molecule has 0 amide bonds. The molecule has 6 rings (SSSR count). The predicted octanol–water partition coefficient (Wildman–Crippen LogP) is 2.04. The average Bonchev–Trinajstić information content (AvgIpc) is 3.33. The first kappa shape index (κ1) is 19.2. The molecule has 8 heteroatoms. The van der Waals surface area contributed by atoms with E-state index in [0.717, 1.165) is 49.4 Å². The van der Waals surface area contributed by atoms with Crippen molar-refractivity contribution in [1.82, 2.24) is 4.57 Å². The molecule has 0 atom stereocenters. The monoisotopic (exact) mass is 421 g/mol. The third-order valence-corrected chi connectivity index (χ3v) is 6.03. The Balaban J connectivity index is 1.70. The Morgan fingerprint density at radius 3 is 1.78 bits per heavy atom. The average molecular weight is 421 g/mol. The molecule has 32 heavy (non-hydrogen) atoms. The molecule has 6 nitrogen and oxygen atoms in total. The van der Waals surface area contributed by atoms with Crippen LogP contribution in [0.4, 0.5) is 0 Å². The lowest BCUT2D eigenvalue weighted by Gasteiger charge is -2.09. The van der Waals surface area contributed by atoms with Crippen molar-refractivity contribution >= 4 is 68.9 Å². The Kier molecular flexibility index (Phi) is 4.18. The summed E-state index contributed by atoms with van der Waals surface area (Å²) >= 11 is 0. The fraction of sp³-hybridized carbons (Fsp3) is 0. The van der Waals surface area contributed by atoms with Crippen LogP contribution in [0.1, 0.15) is 0 Å². The minimum absolute atomic E-state index is 0.364. The van der Waals surface area contributed by atoms with E-state index in [9.17, 15) is 20.1 Å². The Morgan fingerprint density at radius 1 is 0.562 bits per heavy atom. The lowest BCUT2D eigenvalue weighted by molar-refractivity contribution is 0.424. The van der Waals surface area contributed by atoms with Crippen molar-refractivity contribution in [2.75, 3.05) is 0 Å². The number of hydrogen-bond acceptors (Lipinski definition) is 5. The van der Waals surface area contributed by atoms with Crippen molar-refractivity contribution in [2.24, 2.45) is 0 Å². The van der Waals surface area contributed by atoms with Crippen LogP contribution in [0.5, 0.6) is 0 Å². The van der Waals surface area contributed by atoms with Gasteiger partial charge < -0.3 is 29.1 Å². The molecule has 0 saturated carbocycles. The molecule has 0 fully saturated rings. The molecular formula is C24H17B2NO5. The van der Waals surface area contributed by atoms with E-state index >= 15 is 0 Å². The number of fused-ring (bicyclic) bond motifs is 6. The first-order chi connectivity index (χ1) is 15.5. The second-order valence-corrected chi connectivity index (χ2v) is 7.91. The standard InChI is InChI=1S/C24H17B2NO5/c28-25(29)14-5-8-21-18(11-14)19-12-15(26(30)31)6-9-22(19)27(21)16-7-10-24-20(13-16)17-3-1-2-4-23(17)32-24/h1-13,28-31H. The highest BCUT2D eigenvalue weighted by Crippen LogP contribution is 2.34. The summed E-state index contributed by atoms with van der Waals surface area (Å²) in [5.41, 5.74) is 4.99. The summed E-state index contributed by atoms with van der Waals surface area (Å²) in [4.78, 5) is 0. The van der Waals surface area contributed by atoms with Gasteiger partial charge in [0, 0.05) is 27.2 Å². The summed E-state index contributed by atoms with van der Waals surface area (Å²) in [6, 6.07) is 24.4. The number of hydrogen-bond donors (Lipinski definition) is 4. The summed E-state index contributed by atoms with van der Waals surface area (Å²) in [5, 5.41) is 42.3. The molecule has 4 aromatic carbocycles. The molecule has 4 N–H and O–H groups in total. The lowest BCUT2D eigenvalue weighted by Crippen LogP contribution is -2.29. The highest BCUT2D eigenvalue weighted by Gasteiger charge is 2.20. The van der Waals surface area contributed by atoms with Crippen LogP contribution in [0.25, 0.3) is 49.4 Å². The maximum Gasteiger partial charge on any atom is 0.488 e. The van der Waals surface area contributed by atoms with Gasteiger partial charge in [-0.05, 0) is 47.3 Å². The molecule has 0 radical (unpaired) electrons. The smallest absolute Gasteiger partial charge is 0.456 e. The molecule has 0 bridgehead atoms. The summed E-state index contributed by atoms with van der Waals surface area (Å²) in [6.07, 6.45) is 0. The topological polar surface area (TPSA) is 99.0 Å². The molecule has 0 unspecified atom stereocenters. The van der Waals surface area contributed by atoms with Crippen molar-refractivity contribution in [1.29, 1.82) is 0 Å². The van der Waals surface area contributed by atoms with E-state index in [2.05, 4.69) is 10.6 Å². The molecule has 0 saturated heterocycles. The fourth-order valence-corrected chi connectivity index (χ4v) is 4.51. The van der Waals surface area contributed by atoms with Crippen LogP contribution in [-0.2, 0) is 0 Å². The zero-order valence-electron chi connectivity index (χ0n) is 16.8.